The number of nitrogens with one attached hydrogen (secondary N) is 1. The number of benzene rings is 2. The highest BCUT2D eigenvalue weighted by molar-refractivity contribution is 9.10. The van der Waals surface area contributed by atoms with Crippen molar-refractivity contribution in [1.82, 2.24) is 5.32 Å². The van der Waals surface area contributed by atoms with Crippen molar-refractivity contribution >= 4 is 15.9 Å². The van der Waals surface area contributed by atoms with Crippen LogP contribution in [0.15, 0.2) is 40.9 Å². The first kappa shape index (κ1) is 16.1. The van der Waals surface area contributed by atoms with Crippen molar-refractivity contribution in [3.8, 4) is 0 Å². The summed E-state index contributed by atoms with van der Waals surface area (Å²) in [7, 11) is 1.84. The second-order valence-corrected chi connectivity index (χ2v) is 6.05. The number of likely N-dealkylation sites (N-methyl/N-ethyl adjacent to an activating group) is 1. The van der Waals surface area contributed by atoms with E-state index in [1.54, 1.807) is 0 Å². The smallest absolute Gasteiger partial charge is 0.143 e. The third-order valence-corrected chi connectivity index (χ3v) is 4.20. The van der Waals surface area contributed by atoms with Crippen LogP contribution < -0.4 is 5.32 Å². The van der Waals surface area contributed by atoms with Crippen LogP contribution in [-0.4, -0.2) is 13.6 Å². The molecule has 0 saturated carbocycles. The van der Waals surface area contributed by atoms with Crippen molar-refractivity contribution in [2.24, 2.45) is 0 Å². The van der Waals surface area contributed by atoms with Crippen LogP contribution in [0.2, 0.25) is 0 Å². The lowest BCUT2D eigenvalue weighted by molar-refractivity contribution is 0.526. The van der Waals surface area contributed by atoms with Gasteiger partial charge in [0, 0.05) is 18.0 Å². The summed E-state index contributed by atoms with van der Waals surface area (Å²) in [5.41, 5.74) is 2.38. The van der Waals surface area contributed by atoms with E-state index in [9.17, 15) is 8.78 Å². The Kier molecular flexibility index (Phi) is 5.48. The van der Waals surface area contributed by atoms with Gasteiger partial charge in [-0.1, -0.05) is 29.8 Å². The van der Waals surface area contributed by atoms with Crippen molar-refractivity contribution in [2.75, 3.05) is 13.6 Å². The summed E-state index contributed by atoms with van der Waals surface area (Å²) >= 11 is 3.12. The van der Waals surface area contributed by atoms with Crippen LogP contribution in [0.3, 0.4) is 0 Å². The van der Waals surface area contributed by atoms with Gasteiger partial charge in [-0.3, -0.25) is 0 Å². The van der Waals surface area contributed by atoms with Crippen LogP contribution in [0.4, 0.5) is 8.78 Å². The SMILES string of the molecule is CNCC(Cc1c(F)ccc(Br)c1F)c1ccc(C)cc1. The molecule has 0 aromatic heterocycles. The first-order valence-corrected chi connectivity index (χ1v) is 7.65. The van der Waals surface area contributed by atoms with Crippen molar-refractivity contribution in [1.29, 1.82) is 0 Å². The number of halogens is 3. The van der Waals surface area contributed by atoms with E-state index in [-0.39, 0.29) is 11.5 Å². The van der Waals surface area contributed by atoms with Gasteiger partial charge in [0.15, 0.2) is 0 Å². The van der Waals surface area contributed by atoms with Gasteiger partial charge in [0.1, 0.15) is 11.6 Å². The maximum absolute atomic E-state index is 14.1. The summed E-state index contributed by atoms with van der Waals surface area (Å²) in [4.78, 5) is 0. The molecular formula is C17H18BrF2N. The Bertz CT molecular complexity index is 611. The zero-order chi connectivity index (χ0) is 15.4. The van der Waals surface area contributed by atoms with Gasteiger partial charge < -0.3 is 5.32 Å². The number of hydrogen-bond donors (Lipinski definition) is 1. The molecule has 4 heteroatoms. The minimum absolute atomic E-state index is 0.0221. The summed E-state index contributed by atoms with van der Waals surface area (Å²) in [6, 6.07) is 10.8. The predicted molar refractivity (Wildman–Crippen MR) is 85.6 cm³/mol. The molecule has 0 amide bonds. The normalized spacial score (nSPS) is 12.4. The fraction of sp³-hybridized carbons (Fsp3) is 0.294. The molecule has 2 aromatic rings. The minimum Gasteiger partial charge on any atom is -0.319 e. The summed E-state index contributed by atoms with van der Waals surface area (Å²) in [5, 5.41) is 3.10. The molecule has 0 fully saturated rings. The molecule has 0 saturated heterocycles. The number of hydrogen-bond acceptors (Lipinski definition) is 1. The monoisotopic (exact) mass is 353 g/mol. The molecule has 1 unspecified atom stereocenters. The lowest BCUT2D eigenvalue weighted by atomic mass is 9.91. The molecule has 2 aromatic carbocycles. The van der Waals surface area contributed by atoms with Crippen molar-refractivity contribution in [2.45, 2.75) is 19.3 Å². The largest absolute Gasteiger partial charge is 0.319 e. The molecule has 0 heterocycles. The third-order valence-electron chi connectivity index (χ3n) is 3.59. The molecule has 0 aliphatic heterocycles. The van der Waals surface area contributed by atoms with Crippen LogP contribution in [0.5, 0.6) is 0 Å². The fourth-order valence-electron chi connectivity index (χ4n) is 2.40. The predicted octanol–water partition coefficient (Wildman–Crippen LogP) is 4.58. The van der Waals surface area contributed by atoms with Gasteiger partial charge >= 0.3 is 0 Å². The van der Waals surface area contributed by atoms with Crippen molar-refractivity contribution in [3.05, 3.63) is 69.2 Å². The maximum Gasteiger partial charge on any atom is 0.143 e. The van der Waals surface area contributed by atoms with Gasteiger partial charge in [0.05, 0.1) is 4.47 Å². The van der Waals surface area contributed by atoms with E-state index >= 15 is 0 Å². The first-order chi connectivity index (χ1) is 10.0. The molecule has 112 valence electrons. The Morgan fingerprint density at radius 1 is 1.10 bits per heavy atom. The summed E-state index contributed by atoms with van der Waals surface area (Å²) in [6.07, 6.45) is 0.320. The lowest BCUT2D eigenvalue weighted by Gasteiger charge is -2.18. The first-order valence-electron chi connectivity index (χ1n) is 6.86. The molecule has 0 aliphatic carbocycles. The minimum atomic E-state index is -0.511. The van der Waals surface area contributed by atoms with E-state index in [1.807, 2.05) is 38.2 Å². The molecule has 1 atom stereocenters. The Hall–Kier alpha value is -1.26. The molecule has 0 radical (unpaired) electrons. The Balaban J connectivity index is 2.32. The average molecular weight is 354 g/mol. The molecule has 0 bridgehead atoms. The van der Waals surface area contributed by atoms with Gasteiger partial charge in [0.25, 0.3) is 0 Å². The Labute approximate surface area is 132 Å². The van der Waals surface area contributed by atoms with E-state index in [0.29, 0.717) is 17.4 Å². The quantitative estimate of drug-likeness (QED) is 0.775. The van der Waals surface area contributed by atoms with E-state index in [0.717, 1.165) is 5.56 Å². The fourth-order valence-corrected chi connectivity index (χ4v) is 2.77. The van der Waals surface area contributed by atoms with Gasteiger partial charge in [-0.15, -0.1) is 0 Å². The highest BCUT2D eigenvalue weighted by atomic mass is 79.9. The lowest BCUT2D eigenvalue weighted by Crippen LogP contribution is -2.20. The number of aryl methyl sites for hydroxylation is 1. The summed E-state index contributed by atoms with van der Waals surface area (Å²) < 4.78 is 28.4. The van der Waals surface area contributed by atoms with Crippen LogP contribution in [0.1, 0.15) is 22.6 Å². The molecule has 1 nitrogen and oxygen atoms in total. The van der Waals surface area contributed by atoms with E-state index in [1.165, 1.54) is 17.7 Å². The van der Waals surface area contributed by atoms with Crippen LogP contribution in [0, 0.1) is 18.6 Å². The van der Waals surface area contributed by atoms with Gasteiger partial charge in [-0.05, 0) is 54.0 Å². The van der Waals surface area contributed by atoms with Crippen LogP contribution in [-0.2, 0) is 6.42 Å². The second-order valence-electron chi connectivity index (χ2n) is 5.19. The van der Waals surface area contributed by atoms with Crippen molar-refractivity contribution < 1.29 is 8.78 Å². The highest BCUT2D eigenvalue weighted by Crippen LogP contribution is 2.27. The van der Waals surface area contributed by atoms with Gasteiger partial charge in [-0.2, -0.15) is 0 Å². The van der Waals surface area contributed by atoms with Crippen LogP contribution in [0.25, 0.3) is 0 Å². The van der Waals surface area contributed by atoms with Gasteiger partial charge in [0.2, 0.25) is 0 Å². The van der Waals surface area contributed by atoms with E-state index < -0.39 is 11.6 Å². The zero-order valence-electron chi connectivity index (χ0n) is 12.1. The second kappa shape index (κ2) is 7.14. The summed E-state index contributed by atoms with van der Waals surface area (Å²) in [6.45, 7) is 2.68. The van der Waals surface area contributed by atoms with Crippen molar-refractivity contribution in [3.63, 3.8) is 0 Å². The van der Waals surface area contributed by atoms with E-state index in [2.05, 4.69) is 21.2 Å². The van der Waals surface area contributed by atoms with Crippen LogP contribution >= 0.6 is 15.9 Å². The molecular weight excluding hydrogens is 336 g/mol. The molecule has 2 rings (SSSR count). The summed E-state index contributed by atoms with van der Waals surface area (Å²) in [5.74, 6) is -0.985. The number of rotatable bonds is 5. The Morgan fingerprint density at radius 2 is 1.76 bits per heavy atom. The molecule has 21 heavy (non-hydrogen) atoms. The third kappa shape index (κ3) is 3.89. The highest BCUT2D eigenvalue weighted by Gasteiger charge is 2.19. The zero-order valence-corrected chi connectivity index (χ0v) is 13.7. The van der Waals surface area contributed by atoms with Gasteiger partial charge in [-0.25, -0.2) is 8.78 Å². The maximum atomic E-state index is 14.1. The molecule has 0 aliphatic rings. The molecule has 1 N–H and O–H groups in total. The molecule has 0 spiro atoms. The standard InChI is InChI=1S/C17H18BrF2N/c1-11-3-5-12(6-4-11)13(10-21-2)9-14-16(19)8-7-15(18)17(14)20/h3-8,13,21H,9-10H2,1-2H3. The van der Waals surface area contributed by atoms with E-state index in [4.69, 9.17) is 0 Å². The average Bonchev–Trinajstić information content (AvgIpc) is 2.47. The topological polar surface area (TPSA) is 12.0 Å². The Morgan fingerprint density at radius 3 is 2.38 bits per heavy atom.